The minimum absolute atomic E-state index is 0.0523. The van der Waals surface area contributed by atoms with Gasteiger partial charge in [0.25, 0.3) is 0 Å². The Balaban J connectivity index is 4.21. The number of nitrogens with two attached hydrogens (primary N) is 1. The number of phosphoric acid groups is 1. The van der Waals surface area contributed by atoms with Crippen LogP contribution in [0.25, 0.3) is 0 Å². The highest BCUT2D eigenvalue weighted by atomic mass is 31.2. The van der Waals surface area contributed by atoms with Crippen LogP contribution < -0.4 is 5.73 Å². The van der Waals surface area contributed by atoms with Gasteiger partial charge in [-0.1, -0.05) is 154 Å². The fourth-order valence-corrected chi connectivity index (χ4v) is 6.12. The summed E-state index contributed by atoms with van der Waals surface area (Å²) in [5, 5.41) is 0. The van der Waals surface area contributed by atoms with Crippen LogP contribution in [0.4, 0.5) is 0 Å². The molecule has 0 saturated carbocycles. The molecule has 0 amide bonds. The Hall–Kier alpha value is -1.51. The van der Waals surface area contributed by atoms with E-state index in [0.717, 1.165) is 64.2 Å². The number of carbonyl (C=O) groups is 2. The lowest BCUT2D eigenvalue weighted by molar-refractivity contribution is -0.161. The highest BCUT2D eigenvalue weighted by molar-refractivity contribution is 7.47. The third-order valence-electron chi connectivity index (χ3n) is 8.34. The van der Waals surface area contributed by atoms with Crippen LogP contribution >= 0.6 is 7.82 Å². The van der Waals surface area contributed by atoms with Gasteiger partial charge in [-0.2, -0.15) is 0 Å². The van der Waals surface area contributed by atoms with Crippen molar-refractivity contribution in [3.8, 4) is 0 Å². The van der Waals surface area contributed by atoms with Crippen molar-refractivity contribution in [3.05, 3.63) is 24.3 Å². The number of esters is 2. The van der Waals surface area contributed by atoms with Gasteiger partial charge in [0.15, 0.2) is 6.10 Å². The summed E-state index contributed by atoms with van der Waals surface area (Å²) in [5.74, 6) is -0.841. The molecule has 3 N–H and O–H groups in total. The molecule has 2 unspecified atom stereocenters. The van der Waals surface area contributed by atoms with Crippen molar-refractivity contribution in [1.82, 2.24) is 0 Å². The first-order chi connectivity index (χ1) is 23.8. The van der Waals surface area contributed by atoms with E-state index in [-0.39, 0.29) is 38.6 Å². The quantitative estimate of drug-likeness (QED) is 0.0279. The van der Waals surface area contributed by atoms with Crippen molar-refractivity contribution in [3.63, 3.8) is 0 Å². The minimum Gasteiger partial charge on any atom is -0.462 e. The predicted octanol–water partition coefficient (Wildman–Crippen LogP) is 10.8. The smallest absolute Gasteiger partial charge is 0.462 e. The van der Waals surface area contributed by atoms with Crippen LogP contribution in [-0.2, 0) is 32.7 Å². The molecule has 0 aliphatic carbocycles. The molecule has 0 rings (SSSR count). The molecule has 9 nitrogen and oxygen atoms in total. The van der Waals surface area contributed by atoms with Gasteiger partial charge in [0.2, 0.25) is 0 Å². The van der Waals surface area contributed by atoms with Crippen LogP contribution in [0.2, 0.25) is 0 Å². The maximum absolute atomic E-state index is 12.5. The first-order valence-corrected chi connectivity index (χ1v) is 21.3. The second kappa shape index (κ2) is 36.3. The lowest BCUT2D eigenvalue weighted by Crippen LogP contribution is -2.29. The minimum atomic E-state index is -4.37. The first-order valence-electron chi connectivity index (χ1n) is 19.8. The Labute approximate surface area is 300 Å². The molecule has 0 bridgehead atoms. The summed E-state index contributed by atoms with van der Waals surface area (Å²) in [7, 11) is -4.37. The molecule has 0 saturated heterocycles. The van der Waals surface area contributed by atoms with E-state index in [2.05, 4.69) is 38.2 Å². The van der Waals surface area contributed by atoms with E-state index < -0.39 is 26.5 Å². The molecule has 0 radical (unpaired) electrons. The van der Waals surface area contributed by atoms with Crippen molar-refractivity contribution in [2.24, 2.45) is 5.73 Å². The van der Waals surface area contributed by atoms with Crippen molar-refractivity contribution >= 4 is 19.8 Å². The van der Waals surface area contributed by atoms with Crippen LogP contribution in [0.5, 0.6) is 0 Å². The monoisotopic (exact) mass is 716 g/mol. The van der Waals surface area contributed by atoms with E-state index in [1.807, 2.05) is 0 Å². The molecule has 0 fully saturated rings. The number of unbranched alkanes of at least 4 members (excludes halogenated alkanes) is 20. The van der Waals surface area contributed by atoms with Gasteiger partial charge >= 0.3 is 19.8 Å². The molecule has 10 heteroatoms. The second-order valence-corrected chi connectivity index (χ2v) is 14.6. The lowest BCUT2D eigenvalue weighted by Gasteiger charge is -2.19. The highest BCUT2D eigenvalue weighted by Crippen LogP contribution is 2.43. The molecule has 288 valence electrons. The molecule has 2 atom stereocenters. The molecular formula is C39H74NO8P. The largest absolute Gasteiger partial charge is 0.472 e. The molecule has 0 aliphatic heterocycles. The predicted molar refractivity (Wildman–Crippen MR) is 201 cm³/mol. The summed E-state index contributed by atoms with van der Waals surface area (Å²) < 4.78 is 32.7. The number of carbonyl (C=O) groups excluding carboxylic acids is 2. The maximum Gasteiger partial charge on any atom is 0.472 e. The summed E-state index contributed by atoms with van der Waals surface area (Å²) in [6.45, 7) is 3.67. The number of hydrogen-bond acceptors (Lipinski definition) is 8. The summed E-state index contributed by atoms with van der Waals surface area (Å²) in [6.07, 6.45) is 36.3. The van der Waals surface area contributed by atoms with Crippen LogP contribution in [0.1, 0.15) is 181 Å². The van der Waals surface area contributed by atoms with Crippen molar-refractivity contribution in [1.29, 1.82) is 0 Å². The normalized spacial score (nSPS) is 13.6. The topological polar surface area (TPSA) is 134 Å². The van der Waals surface area contributed by atoms with E-state index in [9.17, 15) is 19.0 Å². The third kappa shape index (κ3) is 36.1. The zero-order chi connectivity index (χ0) is 36.1. The standard InChI is InChI=1S/C39H74NO8P/c1-3-5-7-9-11-13-15-17-19-21-23-25-27-29-31-38(41)45-35-37(36-47-49(43,44)46-34-33-40)48-39(42)32-30-28-26-24-22-20-18-16-14-12-10-8-6-4-2/h10,12,16,18,37H,3-9,11,13-15,17,19-36,40H2,1-2H3,(H,43,44)/b12-10-,18-16-. The van der Waals surface area contributed by atoms with Gasteiger partial charge in [-0.05, 0) is 38.5 Å². The molecule has 49 heavy (non-hydrogen) atoms. The Kier molecular flexibility index (Phi) is 35.2. The van der Waals surface area contributed by atoms with Gasteiger partial charge in [-0.3, -0.25) is 18.6 Å². The lowest BCUT2D eigenvalue weighted by atomic mass is 10.0. The molecule has 0 aromatic rings. The molecule has 0 aromatic heterocycles. The molecule has 0 spiro atoms. The van der Waals surface area contributed by atoms with Crippen LogP contribution in [-0.4, -0.2) is 49.3 Å². The van der Waals surface area contributed by atoms with E-state index in [4.69, 9.17) is 24.3 Å². The van der Waals surface area contributed by atoms with Crippen molar-refractivity contribution < 1.29 is 37.6 Å². The van der Waals surface area contributed by atoms with Crippen molar-refractivity contribution in [2.75, 3.05) is 26.4 Å². The fraction of sp³-hybridized carbons (Fsp3) is 0.846. The highest BCUT2D eigenvalue weighted by Gasteiger charge is 2.25. The van der Waals surface area contributed by atoms with E-state index in [1.165, 1.54) is 83.5 Å². The second-order valence-electron chi connectivity index (χ2n) is 13.2. The number of allylic oxidation sites excluding steroid dienone is 4. The molecular weight excluding hydrogens is 641 g/mol. The molecule has 0 aliphatic rings. The maximum atomic E-state index is 12.5. The first kappa shape index (κ1) is 47.5. The summed E-state index contributed by atoms with van der Waals surface area (Å²) in [5.41, 5.74) is 5.33. The third-order valence-corrected chi connectivity index (χ3v) is 9.32. The van der Waals surface area contributed by atoms with E-state index >= 15 is 0 Å². The molecule has 0 aromatic carbocycles. The van der Waals surface area contributed by atoms with Gasteiger partial charge < -0.3 is 20.1 Å². The van der Waals surface area contributed by atoms with Gasteiger partial charge in [0.1, 0.15) is 6.61 Å². The molecule has 0 heterocycles. The number of phosphoric ester groups is 1. The van der Waals surface area contributed by atoms with E-state index in [0.29, 0.717) is 6.42 Å². The Morgan fingerprint density at radius 2 is 1.08 bits per heavy atom. The summed E-state index contributed by atoms with van der Waals surface area (Å²) in [6, 6.07) is 0. The Bertz CT molecular complexity index is 866. The van der Waals surface area contributed by atoms with Crippen molar-refractivity contribution in [2.45, 2.75) is 187 Å². The van der Waals surface area contributed by atoms with Crippen LogP contribution in [0.3, 0.4) is 0 Å². The van der Waals surface area contributed by atoms with Gasteiger partial charge in [-0.15, -0.1) is 0 Å². The average molecular weight is 716 g/mol. The van der Waals surface area contributed by atoms with Gasteiger partial charge in [0.05, 0.1) is 13.2 Å². The summed E-state index contributed by atoms with van der Waals surface area (Å²) >= 11 is 0. The Morgan fingerprint density at radius 3 is 1.61 bits per heavy atom. The van der Waals surface area contributed by atoms with Gasteiger partial charge in [-0.25, -0.2) is 4.57 Å². The Morgan fingerprint density at radius 1 is 0.612 bits per heavy atom. The number of rotatable bonds is 37. The van der Waals surface area contributed by atoms with E-state index in [1.54, 1.807) is 0 Å². The number of hydrogen-bond donors (Lipinski definition) is 2. The number of ether oxygens (including phenoxy) is 2. The fourth-order valence-electron chi connectivity index (χ4n) is 5.36. The van der Waals surface area contributed by atoms with Gasteiger partial charge in [0, 0.05) is 19.4 Å². The average Bonchev–Trinajstić information content (AvgIpc) is 3.08. The van der Waals surface area contributed by atoms with Crippen LogP contribution in [0, 0.1) is 0 Å². The zero-order valence-corrected chi connectivity index (χ0v) is 32.3. The SMILES string of the molecule is CCCC/C=C\C/C=C\CCCCCCCC(=O)OC(COC(=O)CCCCCCCCCCCCCCCC)COP(=O)(O)OCCN. The zero-order valence-electron chi connectivity index (χ0n) is 31.4. The summed E-state index contributed by atoms with van der Waals surface area (Å²) in [4.78, 5) is 34.7. The van der Waals surface area contributed by atoms with Crippen LogP contribution in [0.15, 0.2) is 24.3 Å².